The van der Waals surface area contributed by atoms with Crippen molar-refractivity contribution in [3.05, 3.63) is 57.6 Å². The molecule has 2 aromatic carbocycles. The van der Waals surface area contributed by atoms with Gasteiger partial charge < -0.3 is 10.4 Å². The topological polar surface area (TPSA) is 122 Å². The van der Waals surface area contributed by atoms with Gasteiger partial charge in [-0.05, 0) is 50.5 Å². The van der Waals surface area contributed by atoms with Gasteiger partial charge in [0.25, 0.3) is 15.7 Å². The van der Waals surface area contributed by atoms with E-state index in [1.165, 1.54) is 12.1 Å². The molecular weight excluding hydrogens is 394 g/mol. The van der Waals surface area contributed by atoms with Crippen LogP contribution in [0.3, 0.4) is 0 Å². The van der Waals surface area contributed by atoms with Gasteiger partial charge >= 0.3 is 0 Å². The minimum absolute atomic E-state index is 0.195. The number of hydrogen-bond donors (Lipinski definition) is 3. The van der Waals surface area contributed by atoms with Gasteiger partial charge in [0.05, 0.1) is 27.7 Å². The van der Waals surface area contributed by atoms with E-state index in [9.17, 15) is 23.6 Å². The minimum Gasteiger partial charge on any atom is -0.391 e. The first kappa shape index (κ1) is 21.1. The van der Waals surface area contributed by atoms with Gasteiger partial charge in [0, 0.05) is 6.07 Å². The Morgan fingerprint density at radius 2 is 1.76 bits per heavy atom. The van der Waals surface area contributed by atoms with Crippen molar-refractivity contribution < 1.29 is 18.4 Å². The third kappa shape index (κ3) is 4.86. The summed E-state index contributed by atoms with van der Waals surface area (Å²) >= 11 is 0. The summed E-state index contributed by atoms with van der Waals surface area (Å²) in [4.78, 5) is 10.7. The molecule has 0 amide bonds. The average molecular weight is 420 g/mol. The summed E-state index contributed by atoms with van der Waals surface area (Å²) in [5.74, 6) is 0. The Labute approximate surface area is 170 Å². The largest absolute Gasteiger partial charge is 0.391 e. The van der Waals surface area contributed by atoms with E-state index in [1.807, 2.05) is 13.0 Å². The zero-order valence-corrected chi connectivity index (χ0v) is 17.2. The molecule has 0 radical (unpaired) electrons. The first-order chi connectivity index (χ1) is 13.7. The second-order valence-electron chi connectivity index (χ2n) is 7.46. The predicted molar refractivity (Wildman–Crippen MR) is 112 cm³/mol. The maximum absolute atomic E-state index is 12.8. The number of rotatable bonds is 6. The highest BCUT2D eigenvalue weighted by atomic mass is 32.2. The van der Waals surface area contributed by atoms with E-state index in [0.29, 0.717) is 18.5 Å². The van der Waals surface area contributed by atoms with Crippen molar-refractivity contribution in [1.82, 2.24) is 0 Å². The lowest BCUT2D eigenvalue weighted by molar-refractivity contribution is -0.384. The Morgan fingerprint density at radius 1 is 1.07 bits per heavy atom. The number of nitro benzene ring substituents is 1. The third-order valence-electron chi connectivity index (χ3n) is 5.17. The number of anilines is 2. The lowest BCUT2D eigenvalue weighted by atomic mass is 9.92. The number of aryl methyl sites for hydroxylation is 2. The van der Waals surface area contributed by atoms with Crippen LogP contribution in [0.2, 0.25) is 0 Å². The Balaban J connectivity index is 1.89. The Bertz CT molecular complexity index is 1020. The Morgan fingerprint density at radius 3 is 2.41 bits per heavy atom. The Kier molecular flexibility index (Phi) is 6.09. The lowest BCUT2D eigenvalue weighted by Gasteiger charge is -2.29. The molecule has 9 heteroatoms. The van der Waals surface area contributed by atoms with Gasteiger partial charge in [-0.1, -0.05) is 30.5 Å². The minimum atomic E-state index is -4.00. The van der Waals surface area contributed by atoms with Gasteiger partial charge in [0.15, 0.2) is 0 Å². The van der Waals surface area contributed by atoms with Crippen molar-refractivity contribution in [3.63, 3.8) is 0 Å². The second kappa shape index (κ2) is 8.38. The smallest absolute Gasteiger partial charge is 0.293 e. The van der Waals surface area contributed by atoms with Crippen LogP contribution in [0, 0.1) is 24.0 Å². The number of nitro groups is 1. The summed E-state index contributed by atoms with van der Waals surface area (Å²) in [6, 6.07) is 8.77. The summed E-state index contributed by atoms with van der Waals surface area (Å²) in [5, 5.41) is 24.7. The van der Waals surface area contributed by atoms with Gasteiger partial charge in [-0.2, -0.15) is 0 Å². The summed E-state index contributed by atoms with van der Waals surface area (Å²) in [5.41, 5.74) is 2.04. The number of nitrogens with zero attached hydrogens (tertiary/aromatic N) is 1. The first-order valence-corrected chi connectivity index (χ1v) is 11.0. The molecule has 156 valence electrons. The molecule has 0 aliphatic heterocycles. The molecule has 0 spiro atoms. The number of benzene rings is 2. The molecule has 2 aromatic rings. The highest BCUT2D eigenvalue weighted by Gasteiger charge is 2.27. The van der Waals surface area contributed by atoms with Crippen molar-refractivity contribution in [3.8, 4) is 0 Å². The van der Waals surface area contributed by atoms with Gasteiger partial charge in [-0.25, -0.2) is 8.42 Å². The van der Waals surface area contributed by atoms with Crippen LogP contribution in [0.4, 0.5) is 17.1 Å². The SMILES string of the molecule is Cc1ccc(NS(=O)(=O)c2ccc(N[C@@H]3CCCC[C@@H]3O)c([N+](=O)[O-])c2)c(C)c1. The van der Waals surface area contributed by atoms with Crippen molar-refractivity contribution in [2.45, 2.75) is 56.6 Å². The normalized spacial score (nSPS) is 19.6. The van der Waals surface area contributed by atoms with Crippen molar-refractivity contribution in [2.24, 2.45) is 0 Å². The fourth-order valence-electron chi connectivity index (χ4n) is 3.56. The average Bonchev–Trinajstić information content (AvgIpc) is 2.66. The molecule has 3 rings (SSSR count). The number of aliphatic hydroxyl groups excluding tert-OH is 1. The number of aliphatic hydroxyl groups is 1. The molecule has 0 saturated heterocycles. The highest BCUT2D eigenvalue weighted by molar-refractivity contribution is 7.92. The van der Waals surface area contributed by atoms with Crippen LogP contribution >= 0.6 is 0 Å². The molecule has 1 aliphatic rings. The summed E-state index contributed by atoms with van der Waals surface area (Å²) in [6.45, 7) is 3.69. The lowest BCUT2D eigenvalue weighted by Crippen LogP contribution is -2.36. The van der Waals surface area contributed by atoms with E-state index >= 15 is 0 Å². The van der Waals surface area contributed by atoms with E-state index < -0.39 is 21.1 Å². The number of nitrogens with one attached hydrogen (secondary N) is 2. The van der Waals surface area contributed by atoms with Crippen LogP contribution in [0.15, 0.2) is 41.3 Å². The van der Waals surface area contributed by atoms with Crippen LogP contribution in [0.5, 0.6) is 0 Å². The maximum Gasteiger partial charge on any atom is 0.293 e. The number of sulfonamides is 1. The number of hydrogen-bond acceptors (Lipinski definition) is 6. The molecule has 3 N–H and O–H groups in total. The van der Waals surface area contributed by atoms with Crippen LogP contribution in [-0.4, -0.2) is 30.6 Å². The van der Waals surface area contributed by atoms with E-state index in [0.717, 1.165) is 30.0 Å². The summed E-state index contributed by atoms with van der Waals surface area (Å²) < 4.78 is 28.0. The van der Waals surface area contributed by atoms with Gasteiger partial charge in [0.1, 0.15) is 5.69 Å². The van der Waals surface area contributed by atoms with Crippen molar-refractivity contribution in [1.29, 1.82) is 0 Å². The quantitative estimate of drug-likeness (QED) is 0.484. The predicted octanol–water partition coefficient (Wildman–Crippen LogP) is 3.73. The van der Waals surface area contributed by atoms with Crippen LogP contribution in [0.25, 0.3) is 0 Å². The van der Waals surface area contributed by atoms with E-state index in [1.54, 1.807) is 19.1 Å². The fourth-order valence-corrected chi connectivity index (χ4v) is 4.71. The van der Waals surface area contributed by atoms with Gasteiger partial charge in [0.2, 0.25) is 0 Å². The van der Waals surface area contributed by atoms with Crippen LogP contribution < -0.4 is 10.0 Å². The molecule has 1 saturated carbocycles. The molecule has 0 unspecified atom stereocenters. The molecular formula is C20H25N3O5S. The van der Waals surface area contributed by atoms with Crippen molar-refractivity contribution in [2.75, 3.05) is 10.0 Å². The third-order valence-corrected chi connectivity index (χ3v) is 6.54. The molecule has 8 nitrogen and oxygen atoms in total. The van der Waals surface area contributed by atoms with E-state index in [2.05, 4.69) is 10.0 Å². The zero-order valence-electron chi connectivity index (χ0n) is 16.4. The molecule has 1 aliphatic carbocycles. The van der Waals surface area contributed by atoms with Gasteiger partial charge in [-0.3, -0.25) is 14.8 Å². The van der Waals surface area contributed by atoms with Crippen LogP contribution in [0.1, 0.15) is 36.8 Å². The molecule has 0 bridgehead atoms. The maximum atomic E-state index is 12.8. The van der Waals surface area contributed by atoms with E-state index in [-0.39, 0.29) is 22.3 Å². The summed E-state index contributed by atoms with van der Waals surface area (Å²) in [6.07, 6.45) is 2.60. The molecule has 0 heterocycles. The summed E-state index contributed by atoms with van der Waals surface area (Å²) in [7, 11) is -4.00. The highest BCUT2D eigenvalue weighted by Crippen LogP contribution is 2.31. The molecule has 29 heavy (non-hydrogen) atoms. The van der Waals surface area contributed by atoms with Crippen LogP contribution in [-0.2, 0) is 10.0 Å². The molecule has 0 aromatic heterocycles. The van der Waals surface area contributed by atoms with E-state index in [4.69, 9.17) is 0 Å². The van der Waals surface area contributed by atoms with Gasteiger partial charge in [-0.15, -0.1) is 0 Å². The zero-order chi connectivity index (χ0) is 21.2. The standard InChI is InChI=1S/C20H25N3O5S/c1-13-7-9-16(14(2)11-13)22-29(27,28)15-8-10-17(19(12-15)23(25)26)21-18-5-3-4-6-20(18)24/h7-12,18,20-22,24H,3-6H2,1-2H3/t18-,20+/m1/s1. The molecule has 1 fully saturated rings. The second-order valence-corrected chi connectivity index (χ2v) is 9.14. The Hall–Kier alpha value is -2.65. The van der Waals surface area contributed by atoms with Crippen molar-refractivity contribution >= 4 is 27.1 Å². The molecule has 2 atom stereocenters. The fraction of sp³-hybridized carbons (Fsp3) is 0.400. The first-order valence-electron chi connectivity index (χ1n) is 9.50. The monoisotopic (exact) mass is 419 g/mol.